The van der Waals surface area contributed by atoms with Gasteiger partial charge in [-0.3, -0.25) is 4.98 Å². The average molecular weight is 235 g/mol. The van der Waals surface area contributed by atoms with E-state index in [2.05, 4.69) is 11.9 Å². The van der Waals surface area contributed by atoms with Crippen LogP contribution in [0.15, 0.2) is 6.20 Å². The van der Waals surface area contributed by atoms with Gasteiger partial charge in [0.05, 0.1) is 12.7 Å². The van der Waals surface area contributed by atoms with Gasteiger partial charge < -0.3 is 9.84 Å². The maximum absolute atomic E-state index is 10.3. The first kappa shape index (κ1) is 12.4. The van der Waals surface area contributed by atoms with Crippen molar-refractivity contribution >= 4 is 0 Å². The van der Waals surface area contributed by atoms with Gasteiger partial charge in [-0.25, -0.2) is 0 Å². The third-order valence-electron chi connectivity index (χ3n) is 3.70. The molecular weight excluding hydrogens is 214 g/mol. The lowest BCUT2D eigenvalue weighted by atomic mass is 9.69. The van der Waals surface area contributed by atoms with Crippen LogP contribution in [-0.4, -0.2) is 22.8 Å². The maximum atomic E-state index is 10.3. The van der Waals surface area contributed by atoms with Gasteiger partial charge in [-0.2, -0.15) is 0 Å². The number of methoxy groups -OCH3 is 1. The zero-order chi connectivity index (χ0) is 12.6. The molecule has 1 aromatic heterocycles. The number of rotatable bonds is 3. The third-order valence-corrected chi connectivity index (χ3v) is 3.70. The van der Waals surface area contributed by atoms with Crippen molar-refractivity contribution in [3.8, 4) is 5.75 Å². The fourth-order valence-electron chi connectivity index (χ4n) is 2.94. The van der Waals surface area contributed by atoms with E-state index >= 15 is 0 Å². The van der Waals surface area contributed by atoms with Crippen molar-refractivity contribution in [2.24, 2.45) is 5.92 Å². The summed E-state index contributed by atoms with van der Waals surface area (Å²) < 4.78 is 5.38. The van der Waals surface area contributed by atoms with Crippen LogP contribution in [0.2, 0.25) is 0 Å². The molecule has 17 heavy (non-hydrogen) atoms. The number of aliphatic hydroxyl groups is 1. The minimum Gasteiger partial charge on any atom is -0.496 e. The molecule has 1 N–H and O–H groups in total. The highest BCUT2D eigenvalue weighted by atomic mass is 16.5. The van der Waals surface area contributed by atoms with Gasteiger partial charge in [-0.1, -0.05) is 6.92 Å². The van der Waals surface area contributed by atoms with Gasteiger partial charge in [-0.05, 0) is 32.6 Å². The highest BCUT2D eigenvalue weighted by Gasteiger charge is 2.40. The van der Waals surface area contributed by atoms with Gasteiger partial charge in [0, 0.05) is 29.4 Å². The second-order valence-corrected chi connectivity index (χ2v) is 5.46. The Morgan fingerprint density at radius 1 is 1.47 bits per heavy atom. The first-order chi connectivity index (χ1) is 7.95. The normalized spacial score (nSPS) is 27.7. The number of aryl methyl sites for hydroxylation is 1. The van der Waals surface area contributed by atoms with Gasteiger partial charge in [0.15, 0.2) is 0 Å². The van der Waals surface area contributed by atoms with E-state index in [0.717, 1.165) is 35.4 Å². The Bertz CT molecular complexity index is 422. The first-order valence-corrected chi connectivity index (χ1v) is 6.16. The van der Waals surface area contributed by atoms with Crippen LogP contribution in [0, 0.1) is 19.8 Å². The Hall–Kier alpha value is -1.09. The smallest absolute Gasteiger partial charge is 0.128 e. The highest BCUT2D eigenvalue weighted by molar-refractivity contribution is 5.41. The van der Waals surface area contributed by atoms with Gasteiger partial charge in [0.25, 0.3) is 0 Å². The highest BCUT2D eigenvalue weighted by Crippen LogP contribution is 2.40. The first-order valence-electron chi connectivity index (χ1n) is 6.16. The summed E-state index contributed by atoms with van der Waals surface area (Å²) in [7, 11) is 1.68. The van der Waals surface area contributed by atoms with Crippen molar-refractivity contribution in [2.75, 3.05) is 7.11 Å². The van der Waals surface area contributed by atoms with Crippen molar-refractivity contribution in [3.63, 3.8) is 0 Å². The van der Waals surface area contributed by atoms with E-state index in [1.54, 1.807) is 7.11 Å². The van der Waals surface area contributed by atoms with E-state index in [-0.39, 0.29) is 0 Å². The lowest BCUT2D eigenvalue weighted by molar-refractivity contribution is -0.0673. The third kappa shape index (κ3) is 2.29. The summed E-state index contributed by atoms with van der Waals surface area (Å²) in [5, 5.41) is 10.3. The average Bonchev–Trinajstić information content (AvgIpc) is 2.21. The fourth-order valence-corrected chi connectivity index (χ4v) is 2.94. The molecule has 1 saturated carbocycles. The van der Waals surface area contributed by atoms with Crippen LogP contribution < -0.4 is 4.74 Å². The van der Waals surface area contributed by atoms with E-state index in [4.69, 9.17) is 4.74 Å². The lowest BCUT2D eigenvalue weighted by Gasteiger charge is -2.42. The van der Waals surface area contributed by atoms with Crippen molar-refractivity contribution in [1.82, 2.24) is 4.98 Å². The zero-order valence-corrected chi connectivity index (χ0v) is 11.1. The molecule has 0 amide bonds. The molecule has 0 aliphatic heterocycles. The molecule has 94 valence electrons. The van der Waals surface area contributed by atoms with Crippen LogP contribution in [0.4, 0.5) is 0 Å². The molecule has 2 rings (SSSR count). The molecule has 1 fully saturated rings. The Balaban J connectivity index is 2.22. The number of hydrogen-bond donors (Lipinski definition) is 1. The van der Waals surface area contributed by atoms with Crippen LogP contribution in [0.5, 0.6) is 5.75 Å². The van der Waals surface area contributed by atoms with E-state index < -0.39 is 5.60 Å². The van der Waals surface area contributed by atoms with Crippen molar-refractivity contribution in [2.45, 2.75) is 45.6 Å². The second-order valence-electron chi connectivity index (χ2n) is 5.46. The molecule has 3 heteroatoms. The van der Waals surface area contributed by atoms with E-state index in [1.165, 1.54) is 0 Å². The van der Waals surface area contributed by atoms with Crippen molar-refractivity contribution < 1.29 is 9.84 Å². The Morgan fingerprint density at radius 3 is 2.65 bits per heavy atom. The number of pyridine rings is 1. The SMILES string of the molecule is COc1c(C)cnc(CC2(O)CC(C)C2)c1C. The predicted octanol–water partition coefficient (Wildman–Crippen LogP) is 2.41. The Labute approximate surface area is 103 Å². The van der Waals surface area contributed by atoms with Crippen LogP contribution in [0.1, 0.15) is 36.6 Å². The van der Waals surface area contributed by atoms with Crippen LogP contribution in [0.3, 0.4) is 0 Å². The van der Waals surface area contributed by atoms with Crippen LogP contribution >= 0.6 is 0 Å². The Kier molecular flexibility index (Phi) is 3.13. The molecule has 1 aliphatic carbocycles. The summed E-state index contributed by atoms with van der Waals surface area (Å²) in [6.45, 7) is 6.17. The molecule has 0 unspecified atom stereocenters. The topological polar surface area (TPSA) is 42.4 Å². The summed E-state index contributed by atoms with van der Waals surface area (Å²) in [5.74, 6) is 1.53. The van der Waals surface area contributed by atoms with Gasteiger partial charge in [-0.15, -0.1) is 0 Å². The summed E-state index contributed by atoms with van der Waals surface area (Å²) in [6.07, 6.45) is 4.22. The van der Waals surface area contributed by atoms with Crippen LogP contribution in [-0.2, 0) is 6.42 Å². The number of aromatic nitrogens is 1. The fraction of sp³-hybridized carbons (Fsp3) is 0.643. The van der Waals surface area contributed by atoms with Crippen molar-refractivity contribution in [1.29, 1.82) is 0 Å². The summed E-state index contributed by atoms with van der Waals surface area (Å²) in [4.78, 5) is 4.44. The molecule has 3 nitrogen and oxygen atoms in total. The van der Waals surface area contributed by atoms with E-state index in [1.807, 2.05) is 20.0 Å². The molecule has 0 radical (unpaired) electrons. The molecule has 1 aromatic rings. The molecule has 0 bridgehead atoms. The number of nitrogens with zero attached hydrogens (tertiary/aromatic N) is 1. The van der Waals surface area contributed by atoms with Gasteiger partial charge >= 0.3 is 0 Å². The molecular formula is C14H21NO2. The lowest BCUT2D eigenvalue weighted by Crippen LogP contribution is -2.44. The quantitative estimate of drug-likeness (QED) is 0.874. The minimum absolute atomic E-state index is 0.544. The zero-order valence-electron chi connectivity index (χ0n) is 11.1. The standard InChI is InChI=1S/C14H21NO2/c1-9-5-14(16,6-9)7-12-11(3)13(17-4)10(2)8-15-12/h8-9,16H,5-7H2,1-4H3. The maximum Gasteiger partial charge on any atom is 0.128 e. The van der Waals surface area contributed by atoms with Crippen LogP contribution in [0.25, 0.3) is 0 Å². The van der Waals surface area contributed by atoms with Gasteiger partial charge in [0.2, 0.25) is 0 Å². The second kappa shape index (κ2) is 4.30. The van der Waals surface area contributed by atoms with Gasteiger partial charge in [0.1, 0.15) is 5.75 Å². The Morgan fingerprint density at radius 2 is 2.12 bits per heavy atom. The monoisotopic (exact) mass is 235 g/mol. The molecule has 1 aliphatic rings. The summed E-state index contributed by atoms with van der Waals surface area (Å²) in [6, 6.07) is 0. The predicted molar refractivity (Wildman–Crippen MR) is 67.3 cm³/mol. The molecule has 0 aromatic carbocycles. The molecule has 0 saturated heterocycles. The minimum atomic E-state index is -0.544. The van der Waals surface area contributed by atoms with Crippen molar-refractivity contribution in [3.05, 3.63) is 23.0 Å². The number of ether oxygens (including phenoxy) is 1. The number of hydrogen-bond acceptors (Lipinski definition) is 3. The molecule has 0 spiro atoms. The van der Waals surface area contributed by atoms with E-state index in [9.17, 15) is 5.11 Å². The van der Waals surface area contributed by atoms with E-state index in [0.29, 0.717) is 12.3 Å². The largest absolute Gasteiger partial charge is 0.496 e. The molecule has 1 heterocycles. The molecule has 0 atom stereocenters. The summed E-state index contributed by atoms with van der Waals surface area (Å²) in [5.41, 5.74) is 2.52. The summed E-state index contributed by atoms with van der Waals surface area (Å²) >= 11 is 0.